The second-order valence-corrected chi connectivity index (χ2v) is 7.55. The van der Waals surface area contributed by atoms with E-state index in [0.29, 0.717) is 12.3 Å². The van der Waals surface area contributed by atoms with Gasteiger partial charge in [0.2, 0.25) is 0 Å². The van der Waals surface area contributed by atoms with Gasteiger partial charge in [0.05, 0.1) is 0 Å². The van der Waals surface area contributed by atoms with Crippen molar-refractivity contribution >= 4 is 22.5 Å². The Morgan fingerprint density at radius 2 is 1.76 bits per heavy atom. The van der Waals surface area contributed by atoms with Gasteiger partial charge in [0, 0.05) is 6.42 Å². The molecule has 25 heavy (non-hydrogen) atoms. The molecule has 2 fully saturated rings. The van der Waals surface area contributed by atoms with Gasteiger partial charge in [-0.05, 0) is 47.9 Å². The number of benzene rings is 2. The lowest BCUT2D eigenvalue weighted by Gasteiger charge is -2.41. The average molecular weight is 336 g/mol. The molecule has 1 atom stereocenters. The number of cyclic esters (lactones) is 1. The summed E-state index contributed by atoms with van der Waals surface area (Å²) >= 11 is 0. The van der Waals surface area contributed by atoms with Crippen molar-refractivity contribution < 1.29 is 14.3 Å². The molecule has 1 aliphatic carbocycles. The molecule has 1 unspecified atom stereocenters. The Morgan fingerprint density at radius 3 is 2.56 bits per heavy atom. The minimum absolute atomic E-state index is 0.0427. The highest BCUT2D eigenvalue weighted by Gasteiger charge is 2.47. The third-order valence-electron chi connectivity index (χ3n) is 5.95. The molecule has 1 saturated carbocycles. The lowest BCUT2D eigenvalue weighted by molar-refractivity contribution is -0.178. The number of carbonyl (C=O) groups is 2. The van der Waals surface area contributed by atoms with E-state index in [1.54, 1.807) is 0 Å². The van der Waals surface area contributed by atoms with Gasteiger partial charge in [0.25, 0.3) is 0 Å². The van der Waals surface area contributed by atoms with Crippen LogP contribution in [0.1, 0.15) is 50.5 Å². The number of fused-ring (bicyclic) bond motifs is 1. The summed E-state index contributed by atoms with van der Waals surface area (Å²) in [5.74, 6) is 0.0396. The highest BCUT2D eigenvalue weighted by atomic mass is 16.6. The van der Waals surface area contributed by atoms with Gasteiger partial charge in [-0.2, -0.15) is 0 Å². The quantitative estimate of drug-likeness (QED) is 0.605. The first-order valence-electron chi connectivity index (χ1n) is 9.36. The fraction of sp³-hybridized carbons (Fsp3) is 0.455. The molecule has 0 spiro atoms. The van der Waals surface area contributed by atoms with Gasteiger partial charge < -0.3 is 4.74 Å². The number of ketones is 1. The second-order valence-electron chi connectivity index (χ2n) is 7.55. The smallest absolute Gasteiger partial charge is 0.313 e. The maximum atomic E-state index is 12.2. The van der Waals surface area contributed by atoms with Crippen LogP contribution >= 0.6 is 0 Å². The zero-order valence-electron chi connectivity index (χ0n) is 14.5. The molecule has 0 aromatic heterocycles. The first-order valence-corrected chi connectivity index (χ1v) is 9.36. The highest BCUT2D eigenvalue weighted by molar-refractivity contribution is 5.98. The van der Waals surface area contributed by atoms with Gasteiger partial charge in [-0.1, -0.05) is 55.3 Å². The van der Waals surface area contributed by atoms with Crippen molar-refractivity contribution in [3.63, 3.8) is 0 Å². The summed E-state index contributed by atoms with van der Waals surface area (Å²) < 4.78 is 5.90. The minimum Gasteiger partial charge on any atom is -0.458 e. The standard InChI is InChI=1S/C22H24O3/c23-19-14-21(24)25-22(15-19,18-9-2-3-10-18)13-12-17-8-5-7-16-6-1-4-11-20(16)17/h1,4-8,11,18H,2-3,9-10,12-15H2. The Morgan fingerprint density at radius 1 is 1.00 bits per heavy atom. The number of rotatable bonds is 4. The van der Waals surface area contributed by atoms with Gasteiger partial charge >= 0.3 is 5.97 Å². The summed E-state index contributed by atoms with van der Waals surface area (Å²) in [6.07, 6.45) is 6.39. The Kier molecular flexibility index (Phi) is 4.32. The van der Waals surface area contributed by atoms with E-state index in [0.717, 1.165) is 25.7 Å². The number of Topliss-reactive ketones (excluding diaryl/α,β-unsaturated/α-hetero) is 1. The average Bonchev–Trinajstić information content (AvgIpc) is 3.14. The van der Waals surface area contributed by atoms with Crippen LogP contribution < -0.4 is 0 Å². The van der Waals surface area contributed by atoms with Gasteiger partial charge in [-0.3, -0.25) is 9.59 Å². The van der Waals surface area contributed by atoms with Crippen molar-refractivity contribution in [2.75, 3.05) is 0 Å². The van der Waals surface area contributed by atoms with Gasteiger partial charge in [-0.25, -0.2) is 0 Å². The molecule has 1 aliphatic heterocycles. The van der Waals surface area contributed by atoms with E-state index < -0.39 is 5.60 Å². The maximum Gasteiger partial charge on any atom is 0.313 e. The molecule has 0 bridgehead atoms. The van der Waals surface area contributed by atoms with Crippen LogP contribution in [0.5, 0.6) is 0 Å². The Balaban J connectivity index is 1.62. The van der Waals surface area contributed by atoms with E-state index in [4.69, 9.17) is 4.74 Å². The molecule has 4 rings (SSSR count). The van der Waals surface area contributed by atoms with Crippen molar-refractivity contribution in [2.24, 2.45) is 5.92 Å². The second kappa shape index (κ2) is 6.62. The van der Waals surface area contributed by atoms with Crippen molar-refractivity contribution in [1.29, 1.82) is 0 Å². The molecule has 1 saturated heterocycles. The van der Waals surface area contributed by atoms with Crippen molar-refractivity contribution in [1.82, 2.24) is 0 Å². The number of hydrogen-bond donors (Lipinski definition) is 0. The molecule has 1 heterocycles. The van der Waals surface area contributed by atoms with Crippen LogP contribution in [0.4, 0.5) is 0 Å². The summed E-state index contributed by atoms with van der Waals surface area (Å²) in [7, 11) is 0. The molecular formula is C22H24O3. The first-order chi connectivity index (χ1) is 12.2. The normalized spacial score (nSPS) is 24.6. The lowest BCUT2D eigenvalue weighted by Crippen LogP contribution is -2.48. The number of carbonyl (C=O) groups excluding carboxylic acids is 2. The first kappa shape index (κ1) is 16.3. The van der Waals surface area contributed by atoms with Crippen LogP contribution in [-0.4, -0.2) is 17.4 Å². The fourth-order valence-electron chi connectivity index (χ4n) is 4.74. The van der Waals surface area contributed by atoms with Crippen LogP contribution in [-0.2, 0) is 20.7 Å². The lowest BCUT2D eigenvalue weighted by atomic mass is 9.76. The van der Waals surface area contributed by atoms with Crippen LogP contribution in [0.25, 0.3) is 10.8 Å². The Hall–Kier alpha value is -2.16. The molecular weight excluding hydrogens is 312 g/mol. The molecule has 0 N–H and O–H groups in total. The van der Waals surface area contributed by atoms with E-state index in [2.05, 4.69) is 36.4 Å². The molecule has 0 radical (unpaired) electrons. The zero-order chi connectivity index (χ0) is 17.3. The van der Waals surface area contributed by atoms with E-state index in [-0.39, 0.29) is 18.2 Å². The van der Waals surface area contributed by atoms with Crippen molar-refractivity contribution in [3.05, 3.63) is 48.0 Å². The maximum absolute atomic E-state index is 12.2. The SMILES string of the molecule is O=C1CC(=O)OC(CCc2cccc3ccccc23)(C2CCCC2)C1. The number of aryl methyl sites for hydroxylation is 1. The predicted octanol–water partition coefficient (Wildman–Crippen LogP) is 4.61. The number of esters is 1. The van der Waals surface area contributed by atoms with Gasteiger partial charge in [-0.15, -0.1) is 0 Å². The van der Waals surface area contributed by atoms with Gasteiger partial charge in [0.15, 0.2) is 0 Å². The summed E-state index contributed by atoms with van der Waals surface area (Å²) in [6.45, 7) is 0. The molecule has 2 aliphatic rings. The van der Waals surface area contributed by atoms with E-state index in [1.807, 2.05) is 6.07 Å². The molecule has 2 aromatic carbocycles. The summed E-state index contributed by atoms with van der Waals surface area (Å²) in [5, 5.41) is 2.48. The van der Waals surface area contributed by atoms with E-state index in [9.17, 15) is 9.59 Å². The molecule has 0 amide bonds. The Labute approximate surface area is 148 Å². The minimum atomic E-state index is -0.583. The largest absolute Gasteiger partial charge is 0.458 e. The highest BCUT2D eigenvalue weighted by Crippen LogP contribution is 2.44. The van der Waals surface area contributed by atoms with Crippen LogP contribution in [0.15, 0.2) is 42.5 Å². The van der Waals surface area contributed by atoms with E-state index in [1.165, 1.54) is 29.2 Å². The topological polar surface area (TPSA) is 43.4 Å². The summed E-state index contributed by atoms with van der Waals surface area (Å²) in [5.41, 5.74) is 0.685. The summed E-state index contributed by atoms with van der Waals surface area (Å²) in [6, 6.07) is 14.7. The number of hydrogen-bond acceptors (Lipinski definition) is 3. The Bertz CT molecular complexity index is 781. The van der Waals surface area contributed by atoms with Crippen molar-refractivity contribution in [3.8, 4) is 0 Å². The van der Waals surface area contributed by atoms with E-state index >= 15 is 0 Å². The van der Waals surface area contributed by atoms with Crippen LogP contribution in [0.3, 0.4) is 0 Å². The molecule has 130 valence electrons. The van der Waals surface area contributed by atoms with Gasteiger partial charge in [0.1, 0.15) is 17.8 Å². The molecule has 2 aromatic rings. The zero-order valence-corrected chi connectivity index (χ0v) is 14.5. The summed E-state index contributed by atoms with van der Waals surface area (Å²) in [4.78, 5) is 24.2. The van der Waals surface area contributed by atoms with Crippen LogP contribution in [0.2, 0.25) is 0 Å². The predicted molar refractivity (Wildman–Crippen MR) is 97.3 cm³/mol. The molecule has 3 heteroatoms. The third-order valence-corrected chi connectivity index (χ3v) is 5.95. The number of ether oxygens (including phenoxy) is 1. The monoisotopic (exact) mass is 336 g/mol. The van der Waals surface area contributed by atoms with Crippen molar-refractivity contribution in [2.45, 2.75) is 57.0 Å². The van der Waals surface area contributed by atoms with Crippen LogP contribution in [0, 0.1) is 5.92 Å². The fourth-order valence-corrected chi connectivity index (χ4v) is 4.74. The molecule has 3 nitrogen and oxygen atoms in total. The third kappa shape index (κ3) is 3.20.